The molecule has 2 aromatic rings. The van der Waals surface area contributed by atoms with Crippen LogP contribution in [0.5, 0.6) is 5.88 Å². The minimum Gasteiger partial charge on any atom is -0.472 e. The lowest BCUT2D eigenvalue weighted by Crippen LogP contribution is -2.20. The predicted octanol–water partition coefficient (Wildman–Crippen LogP) is 2.76. The van der Waals surface area contributed by atoms with Gasteiger partial charge < -0.3 is 14.8 Å². The van der Waals surface area contributed by atoms with Gasteiger partial charge in [-0.3, -0.25) is 0 Å². The summed E-state index contributed by atoms with van der Waals surface area (Å²) in [5.41, 5.74) is 5.61. The lowest BCUT2D eigenvalue weighted by Gasteiger charge is -2.19. The van der Waals surface area contributed by atoms with Crippen molar-refractivity contribution in [3.05, 3.63) is 34.5 Å². The van der Waals surface area contributed by atoms with E-state index in [1.54, 1.807) is 11.8 Å². The number of methoxy groups -OCH3 is 1. The van der Waals surface area contributed by atoms with Gasteiger partial charge in [0.1, 0.15) is 11.0 Å². The van der Waals surface area contributed by atoms with E-state index in [0.717, 1.165) is 48.9 Å². The van der Waals surface area contributed by atoms with Gasteiger partial charge in [0.2, 0.25) is 5.88 Å². The molecule has 0 saturated heterocycles. The van der Waals surface area contributed by atoms with Crippen LogP contribution in [-0.4, -0.2) is 39.8 Å². The second-order valence-corrected chi connectivity index (χ2v) is 10.3. The van der Waals surface area contributed by atoms with Crippen molar-refractivity contribution in [3.8, 4) is 5.88 Å². The van der Waals surface area contributed by atoms with Gasteiger partial charge in [-0.05, 0) is 61.3 Å². The Morgan fingerprint density at radius 2 is 2.26 bits per heavy atom. The molecule has 3 N–H and O–H groups in total. The van der Waals surface area contributed by atoms with Crippen LogP contribution in [0.25, 0.3) is 0 Å². The Hall–Kier alpha value is -2.43. The van der Waals surface area contributed by atoms with Crippen LogP contribution >= 0.6 is 0 Å². The molecular formula is C21H27N5O4S. The van der Waals surface area contributed by atoms with Crippen molar-refractivity contribution in [1.82, 2.24) is 9.78 Å². The number of carbonyl (C=O) groups is 1. The molecule has 0 spiro atoms. The lowest BCUT2D eigenvalue weighted by molar-refractivity contribution is 0.179. The van der Waals surface area contributed by atoms with Crippen LogP contribution in [0.3, 0.4) is 0 Å². The number of fused-ring (bicyclic) bond motifs is 3. The highest BCUT2D eigenvalue weighted by atomic mass is 32.2. The number of benzene rings is 1. The molecule has 0 bridgehead atoms. The van der Waals surface area contributed by atoms with E-state index in [-0.39, 0.29) is 16.9 Å². The molecule has 0 radical (unpaired) electrons. The molecule has 5 rings (SSSR count). The van der Waals surface area contributed by atoms with E-state index >= 15 is 0 Å². The van der Waals surface area contributed by atoms with Gasteiger partial charge in [0.25, 0.3) is 0 Å². The SMILES string of the molecule is COC[C@@H]1CCc2cc3c(c(NC(=O)N=S(N)(=O)c4cnn5c4O[C@H](C)C5)c21)CCC3. The van der Waals surface area contributed by atoms with Gasteiger partial charge in [0, 0.05) is 18.7 Å². The fourth-order valence-electron chi connectivity index (χ4n) is 5.06. The Morgan fingerprint density at radius 1 is 1.42 bits per heavy atom. The van der Waals surface area contributed by atoms with Crippen molar-refractivity contribution in [3.63, 3.8) is 0 Å². The van der Waals surface area contributed by atoms with Gasteiger partial charge in [0.05, 0.1) is 19.3 Å². The highest BCUT2D eigenvalue weighted by Crippen LogP contribution is 2.44. The predicted molar refractivity (Wildman–Crippen MR) is 116 cm³/mol. The summed E-state index contributed by atoms with van der Waals surface area (Å²) in [6, 6.07) is 1.56. The van der Waals surface area contributed by atoms with Crippen LogP contribution < -0.4 is 15.2 Å². The Labute approximate surface area is 181 Å². The normalized spacial score (nSPS) is 22.9. The number of anilines is 1. The highest BCUT2D eigenvalue weighted by molar-refractivity contribution is 7.91. The smallest absolute Gasteiger partial charge is 0.354 e. The van der Waals surface area contributed by atoms with Gasteiger partial charge in [-0.15, -0.1) is 4.36 Å². The molecule has 3 aliphatic rings. The van der Waals surface area contributed by atoms with Gasteiger partial charge >= 0.3 is 6.03 Å². The van der Waals surface area contributed by atoms with Gasteiger partial charge in [0.15, 0.2) is 9.92 Å². The van der Waals surface area contributed by atoms with E-state index in [2.05, 4.69) is 20.8 Å². The van der Waals surface area contributed by atoms with Crippen molar-refractivity contribution in [2.45, 2.75) is 62.5 Å². The monoisotopic (exact) mass is 445 g/mol. The quantitative estimate of drug-likeness (QED) is 0.750. The summed E-state index contributed by atoms with van der Waals surface area (Å²) in [5.74, 6) is 0.537. The van der Waals surface area contributed by atoms with E-state index in [0.29, 0.717) is 19.0 Å². The molecule has 9 nitrogen and oxygen atoms in total. The zero-order valence-electron chi connectivity index (χ0n) is 17.7. The number of hydrogen-bond donors (Lipinski definition) is 2. The number of nitrogens with zero attached hydrogens (tertiary/aromatic N) is 3. The molecule has 2 heterocycles. The number of carbonyl (C=O) groups excluding carboxylic acids is 1. The minimum absolute atomic E-state index is 0.0984. The average molecular weight is 446 g/mol. The summed E-state index contributed by atoms with van der Waals surface area (Å²) in [6.45, 7) is 3.02. The number of amides is 2. The maximum Gasteiger partial charge on any atom is 0.354 e. The molecule has 1 aromatic heterocycles. The lowest BCUT2D eigenvalue weighted by atomic mass is 9.94. The molecule has 1 aliphatic heterocycles. The number of nitrogens with two attached hydrogens (primary N) is 1. The van der Waals surface area contributed by atoms with Crippen molar-refractivity contribution >= 4 is 21.6 Å². The third-order valence-corrected chi connectivity index (χ3v) is 7.68. The first-order chi connectivity index (χ1) is 14.9. The van der Waals surface area contributed by atoms with E-state index in [1.165, 1.54) is 17.3 Å². The van der Waals surface area contributed by atoms with Crippen LogP contribution in [0.2, 0.25) is 0 Å². The summed E-state index contributed by atoms with van der Waals surface area (Å²) in [5, 5.41) is 13.1. The second kappa shape index (κ2) is 7.61. The third kappa shape index (κ3) is 3.52. The topological polar surface area (TPSA) is 121 Å². The number of ether oxygens (including phenoxy) is 2. The van der Waals surface area contributed by atoms with Crippen molar-refractivity contribution in [2.24, 2.45) is 9.50 Å². The third-order valence-electron chi connectivity index (χ3n) is 6.33. The molecule has 2 aliphatic carbocycles. The van der Waals surface area contributed by atoms with Crippen LogP contribution in [0.4, 0.5) is 10.5 Å². The van der Waals surface area contributed by atoms with E-state index < -0.39 is 15.9 Å². The molecule has 1 unspecified atom stereocenters. The van der Waals surface area contributed by atoms with Crippen LogP contribution in [0.15, 0.2) is 21.5 Å². The Kier molecular flexibility index (Phi) is 5.03. The molecule has 0 fully saturated rings. The van der Waals surface area contributed by atoms with Crippen molar-refractivity contribution in [1.29, 1.82) is 0 Å². The van der Waals surface area contributed by atoms with Crippen molar-refractivity contribution in [2.75, 3.05) is 19.0 Å². The van der Waals surface area contributed by atoms with Crippen LogP contribution in [-0.2, 0) is 40.5 Å². The highest BCUT2D eigenvalue weighted by Gasteiger charge is 2.32. The molecule has 2 amide bonds. The maximum atomic E-state index is 13.1. The number of aromatic nitrogens is 2. The summed E-state index contributed by atoms with van der Waals surface area (Å²) in [4.78, 5) is 13.1. The Morgan fingerprint density at radius 3 is 3.06 bits per heavy atom. The van der Waals surface area contributed by atoms with E-state index in [9.17, 15) is 9.00 Å². The first-order valence-corrected chi connectivity index (χ1v) is 12.2. The van der Waals surface area contributed by atoms with Gasteiger partial charge in [-0.1, -0.05) is 6.07 Å². The number of urea groups is 1. The van der Waals surface area contributed by atoms with Crippen LogP contribution in [0, 0.1) is 0 Å². The first kappa shape index (κ1) is 20.5. The first-order valence-electron chi connectivity index (χ1n) is 10.6. The fraction of sp³-hybridized carbons (Fsp3) is 0.524. The molecular weight excluding hydrogens is 418 g/mol. The summed E-state index contributed by atoms with van der Waals surface area (Å²) >= 11 is 0. The molecule has 10 heteroatoms. The zero-order chi connectivity index (χ0) is 21.8. The molecule has 0 saturated carbocycles. The van der Waals surface area contributed by atoms with Crippen LogP contribution in [0.1, 0.15) is 47.9 Å². The number of aryl methyl sites for hydroxylation is 2. The summed E-state index contributed by atoms with van der Waals surface area (Å²) in [6.07, 6.45) is 6.17. The maximum absolute atomic E-state index is 13.1. The Balaban J connectivity index is 1.50. The van der Waals surface area contributed by atoms with Gasteiger partial charge in [-0.25, -0.2) is 18.8 Å². The van der Waals surface area contributed by atoms with Gasteiger partial charge in [-0.2, -0.15) is 5.10 Å². The standard InChI is InChI=1S/C21H27N5O4S/c1-12-10-26-20(30-12)17(9-23-26)31(22,28)25-21(27)24-19-16-5-3-4-13(16)8-14-6-7-15(11-29-2)18(14)19/h8-9,12,15H,3-7,10-11H2,1-2H3,(H3,22,24,25,27,28)/t12-,15+,31?/m1/s1. The average Bonchev–Trinajstić information content (AvgIpc) is 3.45. The largest absolute Gasteiger partial charge is 0.472 e. The summed E-state index contributed by atoms with van der Waals surface area (Å²) < 4.78 is 29.7. The van der Waals surface area contributed by atoms with E-state index in [1.807, 2.05) is 6.92 Å². The molecule has 3 atom stereocenters. The second-order valence-electron chi connectivity index (χ2n) is 8.52. The number of rotatable bonds is 4. The molecule has 166 valence electrons. The van der Waals surface area contributed by atoms with E-state index in [4.69, 9.17) is 14.6 Å². The fourth-order valence-corrected chi connectivity index (χ4v) is 6.05. The molecule has 1 aromatic carbocycles. The zero-order valence-corrected chi connectivity index (χ0v) is 18.5. The number of hydrogen-bond acceptors (Lipinski definition) is 5. The minimum atomic E-state index is -3.51. The summed E-state index contributed by atoms with van der Waals surface area (Å²) in [7, 11) is -1.82. The van der Waals surface area contributed by atoms with Crippen molar-refractivity contribution < 1.29 is 18.5 Å². The number of nitrogens with one attached hydrogen (secondary N) is 1. The Bertz CT molecular complexity index is 1180. The molecule has 31 heavy (non-hydrogen) atoms.